The van der Waals surface area contributed by atoms with Gasteiger partial charge in [-0.05, 0) is 24.6 Å². The average molecular weight is 255 g/mol. The molecule has 0 aliphatic heterocycles. The molecule has 0 spiro atoms. The topological polar surface area (TPSA) is 72.0 Å². The van der Waals surface area contributed by atoms with E-state index >= 15 is 0 Å². The van der Waals surface area contributed by atoms with E-state index < -0.39 is 12.5 Å². The van der Waals surface area contributed by atoms with Crippen molar-refractivity contribution < 1.29 is 18.4 Å². The minimum absolute atomic E-state index is 0.0406. The Morgan fingerprint density at radius 3 is 2.89 bits per heavy atom. The molecule has 96 valence electrons. The lowest BCUT2D eigenvalue weighted by atomic mass is 10.2. The predicted molar refractivity (Wildman–Crippen MR) is 58.0 cm³/mol. The van der Waals surface area contributed by atoms with Gasteiger partial charge in [0, 0.05) is 6.20 Å². The molecule has 0 radical (unpaired) electrons. The van der Waals surface area contributed by atoms with Crippen molar-refractivity contribution in [3.63, 3.8) is 0 Å². The quantitative estimate of drug-likeness (QED) is 0.898. The molecule has 0 saturated carbocycles. The van der Waals surface area contributed by atoms with Gasteiger partial charge in [-0.15, -0.1) is 0 Å². The van der Waals surface area contributed by atoms with Crippen molar-refractivity contribution in [2.75, 3.05) is 0 Å². The first-order chi connectivity index (χ1) is 8.56. The van der Waals surface area contributed by atoms with E-state index in [4.69, 9.17) is 9.63 Å². The second-order valence-corrected chi connectivity index (χ2v) is 3.84. The number of alkyl halides is 2. The van der Waals surface area contributed by atoms with E-state index in [1.54, 1.807) is 12.3 Å². The molecular weight excluding hydrogens is 244 g/mol. The fourth-order valence-electron chi connectivity index (χ4n) is 1.37. The maximum Gasteiger partial charge on any atom is 0.264 e. The van der Waals surface area contributed by atoms with Crippen LogP contribution in [-0.2, 0) is 6.42 Å². The SMILES string of the molecule is Cc1ccnc(-c2noc(CC(O)C(F)F)n2)c1. The zero-order valence-corrected chi connectivity index (χ0v) is 9.55. The highest BCUT2D eigenvalue weighted by atomic mass is 19.3. The Hall–Kier alpha value is -1.89. The van der Waals surface area contributed by atoms with Gasteiger partial charge < -0.3 is 9.63 Å². The standard InChI is InChI=1S/C11H11F2N3O2/c1-6-2-3-14-7(4-6)11-15-9(18-16-11)5-8(17)10(12)13/h2-4,8,10,17H,5H2,1H3. The van der Waals surface area contributed by atoms with Gasteiger partial charge in [0.25, 0.3) is 6.43 Å². The van der Waals surface area contributed by atoms with Crippen LogP contribution < -0.4 is 0 Å². The second-order valence-electron chi connectivity index (χ2n) is 3.84. The molecule has 0 aliphatic rings. The first-order valence-corrected chi connectivity index (χ1v) is 5.28. The Labute approximate surface area is 101 Å². The number of aliphatic hydroxyl groups is 1. The molecular formula is C11H11F2N3O2. The van der Waals surface area contributed by atoms with Crippen LogP contribution in [0.15, 0.2) is 22.9 Å². The van der Waals surface area contributed by atoms with Crippen LogP contribution in [0.3, 0.4) is 0 Å². The summed E-state index contributed by atoms with van der Waals surface area (Å²) in [5, 5.41) is 12.6. The van der Waals surface area contributed by atoms with Crippen LogP contribution >= 0.6 is 0 Å². The number of rotatable bonds is 4. The van der Waals surface area contributed by atoms with Gasteiger partial charge in [0.15, 0.2) is 0 Å². The molecule has 0 aromatic carbocycles. The lowest BCUT2D eigenvalue weighted by molar-refractivity contribution is -0.00754. The van der Waals surface area contributed by atoms with Crippen LogP contribution in [0.5, 0.6) is 0 Å². The molecule has 1 N–H and O–H groups in total. The van der Waals surface area contributed by atoms with Gasteiger partial charge in [-0.3, -0.25) is 4.98 Å². The number of halogens is 2. The summed E-state index contributed by atoms with van der Waals surface area (Å²) in [7, 11) is 0. The summed E-state index contributed by atoms with van der Waals surface area (Å²) >= 11 is 0. The number of aryl methyl sites for hydroxylation is 1. The summed E-state index contributed by atoms with van der Waals surface area (Å²) in [6.45, 7) is 1.88. The van der Waals surface area contributed by atoms with E-state index in [0.717, 1.165) is 5.56 Å². The first-order valence-electron chi connectivity index (χ1n) is 5.28. The molecule has 2 rings (SSSR count). The summed E-state index contributed by atoms with van der Waals surface area (Å²) < 4.78 is 29.1. The highest BCUT2D eigenvalue weighted by molar-refractivity contribution is 5.48. The van der Waals surface area contributed by atoms with Gasteiger partial charge in [-0.2, -0.15) is 4.98 Å². The van der Waals surface area contributed by atoms with Crippen molar-refractivity contribution in [3.8, 4) is 11.5 Å². The van der Waals surface area contributed by atoms with Crippen molar-refractivity contribution in [2.24, 2.45) is 0 Å². The van der Waals surface area contributed by atoms with E-state index in [1.807, 2.05) is 13.0 Å². The Balaban J connectivity index is 2.15. The van der Waals surface area contributed by atoms with Crippen molar-refractivity contribution >= 4 is 0 Å². The zero-order chi connectivity index (χ0) is 13.1. The van der Waals surface area contributed by atoms with Crippen molar-refractivity contribution in [1.29, 1.82) is 0 Å². The molecule has 1 atom stereocenters. The Morgan fingerprint density at radius 1 is 1.44 bits per heavy atom. The molecule has 0 fully saturated rings. The van der Waals surface area contributed by atoms with Crippen molar-refractivity contribution in [3.05, 3.63) is 29.8 Å². The lowest BCUT2D eigenvalue weighted by Crippen LogP contribution is -2.20. The largest absolute Gasteiger partial charge is 0.387 e. The van der Waals surface area contributed by atoms with E-state index in [-0.39, 0.29) is 18.1 Å². The van der Waals surface area contributed by atoms with Gasteiger partial charge in [-0.1, -0.05) is 5.16 Å². The second kappa shape index (κ2) is 5.18. The van der Waals surface area contributed by atoms with E-state index in [9.17, 15) is 8.78 Å². The molecule has 2 aromatic heterocycles. The summed E-state index contributed by atoms with van der Waals surface area (Å²) in [5.74, 6) is 0.177. The number of hydrogen-bond acceptors (Lipinski definition) is 5. The molecule has 0 bridgehead atoms. The lowest BCUT2D eigenvalue weighted by Gasteiger charge is -2.04. The van der Waals surface area contributed by atoms with Crippen LogP contribution in [0.2, 0.25) is 0 Å². The fraction of sp³-hybridized carbons (Fsp3) is 0.364. The zero-order valence-electron chi connectivity index (χ0n) is 9.55. The maximum absolute atomic E-state index is 12.1. The molecule has 2 aromatic rings. The van der Waals surface area contributed by atoms with Crippen LogP contribution in [0, 0.1) is 6.92 Å². The summed E-state index contributed by atoms with van der Waals surface area (Å²) in [4.78, 5) is 7.95. The molecule has 1 unspecified atom stereocenters. The van der Waals surface area contributed by atoms with Gasteiger partial charge in [0.05, 0.1) is 6.42 Å². The van der Waals surface area contributed by atoms with Crippen LogP contribution in [0.1, 0.15) is 11.5 Å². The molecule has 18 heavy (non-hydrogen) atoms. The first kappa shape index (κ1) is 12.6. The van der Waals surface area contributed by atoms with Gasteiger partial charge >= 0.3 is 0 Å². The molecule has 0 saturated heterocycles. The highest BCUT2D eigenvalue weighted by Crippen LogP contribution is 2.15. The Kier molecular flexibility index (Phi) is 3.61. The molecule has 0 aliphatic carbocycles. The van der Waals surface area contributed by atoms with Crippen molar-refractivity contribution in [2.45, 2.75) is 25.9 Å². The van der Waals surface area contributed by atoms with E-state index in [1.165, 1.54) is 0 Å². The van der Waals surface area contributed by atoms with Gasteiger partial charge in [-0.25, -0.2) is 8.78 Å². The third-order valence-corrected chi connectivity index (χ3v) is 2.29. The molecule has 5 nitrogen and oxygen atoms in total. The Morgan fingerprint density at radius 2 is 2.22 bits per heavy atom. The van der Waals surface area contributed by atoms with Crippen LogP contribution in [0.25, 0.3) is 11.5 Å². The van der Waals surface area contributed by atoms with Gasteiger partial charge in [0.1, 0.15) is 11.8 Å². The number of nitrogens with zero attached hydrogens (tertiary/aromatic N) is 3. The summed E-state index contributed by atoms with van der Waals surface area (Å²) in [6.07, 6.45) is -3.42. The number of aliphatic hydroxyl groups excluding tert-OH is 1. The third kappa shape index (κ3) is 2.86. The fourth-order valence-corrected chi connectivity index (χ4v) is 1.37. The van der Waals surface area contributed by atoms with Crippen molar-refractivity contribution in [1.82, 2.24) is 15.1 Å². The molecule has 0 amide bonds. The predicted octanol–water partition coefficient (Wildman–Crippen LogP) is 1.61. The number of hydrogen-bond donors (Lipinski definition) is 1. The van der Waals surface area contributed by atoms with Crippen LogP contribution in [0.4, 0.5) is 8.78 Å². The van der Waals surface area contributed by atoms with E-state index in [0.29, 0.717) is 5.69 Å². The monoisotopic (exact) mass is 255 g/mol. The summed E-state index contributed by atoms with van der Waals surface area (Å²) in [5.41, 5.74) is 1.47. The Bertz CT molecular complexity index is 531. The normalized spacial score (nSPS) is 12.9. The third-order valence-electron chi connectivity index (χ3n) is 2.29. The van der Waals surface area contributed by atoms with Crippen LogP contribution in [-0.4, -0.2) is 32.8 Å². The summed E-state index contributed by atoms with van der Waals surface area (Å²) in [6, 6.07) is 3.56. The number of pyridine rings is 1. The maximum atomic E-state index is 12.1. The van der Waals surface area contributed by atoms with Gasteiger partial charge in [0.2, 0.25) is 11.7 Å². The average Bonchev–Trinajstić information content (AvgIpc) is 2.77. The molecule has 7 heteroatoms. The minimum atomic E-state index is -2.84. The number of aromatic nitrogens is 3. The smallest absolute Gasteiger partial charge is 0.264 e. The minimum Gasteiger partial charge on any atom is -0.387 e. The molecule has 2 heterocycles. The van der Waals surface area contributed by atoms with E-state index in [2.05, 4.69) is 15.1 Å². The highest BCUT2D eigenvalue weighted by Gasteiger charge is 2.21.